The Hall–Kier alpha value is -2.09. The molecular weight excluding hydrogens is 463 g/mol. The van der Waals surface area contributed by atoms with Gasteiger partial charge in [0.15, 0.2) is 11.7 Å². The van der Waals surface area contributed by atoms with Crippen molar-refractivity contribution in [2.75, 3.05) is 39.3 Å². The SMILES string of the molecule is CC1CCCCN1C(=O)CN1CCN(C(=O)CCc2ncc(-c3ccc(Cl)cc3Cl)o2)CC1. The third-order valence-corrected chi connectivity index (χ3v) is 7.06. The quantitative estimate of drug-likeness (QED) is 0.606. The van der Waals surface area contributed by atoms with Gasteiger partial charge in [-0.1, -0.05) is 23.2 Å². The summed E-state index contributed by atoms with van der Waals surface area (Å²) in [5, 5.41) is 1.05. The van der Waals surface area contributed by atoms with E-state index in [9.17, 15) is 9.59 Å². The minimum atomic E-state index is 0.0786. The maximum atomic E-state index is 12.7. The largest absolute Gasteiger partial charge is 0.441 e. The molecule has 0 aliphatic carbocycles. The number of carbonyl (C=O) groups is 2. The standard InChI is InChI=1S/C24H30Cl2N4O3/c1-17-4-2-3-9-30(17)24(32)16-28-10-12-29(13-11-28)23(31)8-7-22-27-15-21(33-22)19-6-5-18(25)14-20(19)26/h5-6,14-15,17H,2-4,7-13,16H2,1H3. The number of nitrogens with zero attached hydrogens (tertiary/aromatic N) is 4. The molecule has 0 N–H and O–H groups in total. The lowest BCUT2D eigenvalue weighted by molar-refractivity contribution is -0.137. The Labute approximate surface area is 204 Å². The number of piperidine rings is 1. The molecule has 0 saturated carbocycles. The molecule has 2 fully saturated rings. The summed E-state index contributed by atoms with van der Waals surface area (Å²) in [6, 6.07) is 5.52. The second-order valence-corrected chi connectivity index (χ2v) is 9.67. The number of likely N-dealkylation sites (tertiary alicyclic amines) is 1. The van der Waals surface area contributed by atoms with E-state index in [1.54, 1.807) is 24.4 Å². The number of carbonyl (C=O) groups excluding carboxylic acids is 2. The molecule has 9 heteroatoms. The van der Waals surface area contributed by atoms with Gasteiger partial charge in [-0.3, -0.25) is 14.5 Å². The highest BCUT2D eigenvalue weighted by Crippen LogP contribution is 2.31. The van der Waals surface area contributed by atoms with Crippen molar-refractivity contribution in [3.8, 4) is 11.3 Å². The van der Waals surface area contributed by atoms with Crippen LogP contribution in [0.2, 0.25) is 10.0 Å². The highest BCUT2D eigenvalue weighted by Gasteiger charge is 2.27. The average Bonchev–Trinajstić information content (AvgIpc) is 3.27. The van der Waals surface area contributed by atoms with Crippen molar-refractivity contribution in [1.82, 2.24) is 19.7 Å². The van der Waals surface area contributed by atoms with E-state index in [1.165, 1.54) is 6.42 Å². The zero-order valence-electron chi connectivity index (χ0n) is 18.9. The molecule has 1 atom stereocenters. The molecule has 0 bridgehead atoms. The Bertz CT molecular complexity index is 988. The first-order valence-electron chi connectivity index (χ1n) is 11.6. The first kappa shape index (κ1) is 24.0. The number of aromatic nitrogens is 1. The van der Waals surface area contributed by atoms with Crippen LogP contribution in [0.3, 0.4) is 0 Å². The lowest BCUT2D eigenvalue weighted by atomic mass is 10.0. The van der Waals surface area contributed by atoms with Crippen molar-refractivity contribution in [2.45, 2.75) is 45.1 Å². The van der Waals surface area contributed by atoms with Gasteiger partial charge < -0.3 is 14.2 Å². The molecule has 2 aliphatic heterocycles. The third-order valence-electron chi connectivity index (χ3n) is 6.51. The average molecular weight is 493 g/mol. The Balaban J connectivity index is 1.22. The van der Waals surface area contributed by atoms with Gasteiger partial charge in [-0.25, -0.2) is 4.98 Å². The minimum absolute atomic E-state index is 0.0786. The fraction of sp³-hybridized carbons (Fsp3) is 0.542. The molecule has 0 spiro atoms. The molecule has 33 heavy (non-hydrogen) atoms. The summed E-state index contributed by atoms with van der Waals surface area (Å²) in [6.45, 7) is 6.16. The molecule has 1 aromatic heterocycles. The maximum Gasteiger partial charge on any atom is 0.236 e. The Morgan fingerprint density at radius 3 is 2.61 bits per heavy atom. The number of oxazole rings is 1. The predicted molar refractivity (Wildman–Crippen MR) is 128 cm³/mol. The van der Waals surface area contributed by atoms with Crippen LogP contribution in [0, 0.1) is 0 Å². The van der Waals surface area contributed by atoms with Crippen molar-refractivity contribution in [3.63, 3.8) is 0 Å². The maximum absolute atomic E-state index is 12.7. The predicted octanol–water partition coefficient (Wildman–Crippen LogP) is 4.13. The summed E-state index contributed by atoms with van der Waals surface area (Å²) in [5.41, 5.74) is 0.718. The van der Waals surface area contributed by atoms with Gasteiger partial charge in [0.2, 0.25) is 11.8 Å². The number of piperazine rings is 1. The number of halogens is 2. The van der Waals surface area contributed by atoms with Gasteiger partial charge in [-0.15, -0.1) is 0 Å². The van der Waals surface area contributed by atoms with Crippen LogP contribution < -0.4 is 0 Å². The molecule has 2 saturated heterocycles. The summed E-state index contributed by atoms with van der Waals surface area (Å²) in [6.07, 6.45) is 5.77. The zero-order chi connectivity index (χ0) is 23.4. The summed E-state index contributed by atoms with van der Waals surface area (Å²) >= 11 is 12.2. The summed E-state index contributed by atoms with van der Waals surface area (Å²) in [7, 11) is 0. The van der Waals surface area contributed by atoms with E-state index >= 15 is 0 Å². The van der Waals surface area contributed by atoms with Crippen molar-refractivity contribution in [3.05, 3.63) is 40.3 Å². The highest BCUT2D eigenvalue weighted by atomic mass is 35.5. The van der Waals surface area contributed by atoms with Gasteiger partial charge in [-0.05, 0) is 44.4 Å². The number of hydrogen-bond acceptors (Lipinski definition) is 5. The van der Waals surface area contributed by atoms with Crippen LogP contribution in [0.25, 0.3) is 11.3 Å². The molecule has 0 radical (unpaired) electrons. The molecule has 4 rings (SSSR count). The van der Waals surface area contributed by atoms with Crippen molar-refractivity contribution < 1.29 is 14.0 Å². The normalized spacial score (nSPS) is 19.7. The number of benzene rings is 1. The van der Waals surface area contributed by atoms with E-state index in [-0.39, 0.29) is 11.8 Å². The number of hydrogen-bond donors (Lipinski definition) is 0. The van der Waals surface area contributed by atoms with Crippen LogP contribution in [0.1, 0.15) is 38.5 Å². The lowest BCUT2D eigenvalue weighted by Gasteiger charge is -2.38. The summed E-state index contributed by atoms with van der Waals surface area (Å²) < 4.78 is 5.80. The topological polar surface area (TPSA) is 69.9 Å². The molecule has 178 valence electrons. The van der Waals surface area contributed by atoms with Gasteiger partial charge >= 0.3 is 0 Å². The van der Waals surface area contributed by atoms with Gasteiger partial charge in [0.1, 0.15) is 0 Å². The van der Waals surface area contributed by atoms with E-state index in [4.69, 9.17) is 27.6 Å². The van der Waals surface area contributed by atoms with E-state index in [0.29, 0.717) is 60.2 Å². The Kier molecular flexibility index (Phi) is 7.94. The number of aryl methyl sites for hydroxylation is 1. The van der Waals surface area contributed by atoms with Gasteiger partial charge in [0.25, 0.3) is 0 Å². The first-order chi connectivity index (χ1) is 15.9. The van der Waals surface area contributed by atoms with Gasteiger partial charge in [0, 0.05) is 62.2 Å². The molecule has 1 aromatic carbocycles. The minimum Gasteiger partial charge on any atom is -0.441 e. The van der Waals surface area contributed by atoms with Crippen molar-refractivity contribution in [2.24, 2.45) is 0 Å². The first-order valence-corrected chi connectivity index (χ1v) is 12.4. The van der Waals surface area contributed by atoms with Crippen LogP contribution in [0.15, 0.2) is 28.8 Å². The van der Waals surface area contributed by atoms with E-state index in [1.807, 2.05) is 9.80 Å². The third kappa shape index (κ3) is 6.08. The Morgan fingerprint density at radius 1 is 1.09 bits per heavy atom. The Morgan fingerprint density at radius 2 is 1.88 bits per heavy atom. The molecule has 7 nitrogen and oxygen atoms in total. The van der Waals surface area contributed by atoms with E-state index < -0.39 is 0 Å². The van der Waals surface area contributed by atoms with Crippen LogP contribution >= 0.6 is 23.2 Å². The number of rotatable bonds is 6. The molecule has 2 aliphatic rings. The number of amides is 2. The summed E-state index contributed by atoms with van der Waals surface area (Å²) in [4.78, 5) is 35.7. The second-order valence-electron chi connectivity index (χ2n) is 8.83. The molecule has 3 heterocycles. The van der Waals surface area contributed by atoms with E-state index in [0.717, 1.165) is 38.0 Å². The summed E-state index contributed by atoms with van der Waals surface area (Å²) in [5.74, 6) is 1.35. The van der Waals surface area contributed by atoms with Crippen LogP contribution in [-0.2, 0) is 16.0 Å². The van der Waals surface area contributed by atoms with Crippen LogP contribution in [0.4, 0.5) is 0 Å². The fourth-order valence-electron chi connectivity index (χ4n) is 4.52. The monoisotopic (exact) mass is 492 g/mol. The lowest BCUT2D eigenvalue weighted by Crippen LogP contribution is -2.53. The zero-order valence-corrected chi connectivity index (χ0v) is 20.4. The molecular formula is C24H30Cl2N4O3. The fourth-order valence-corrected chi connectivity index (χ4v) is 5.02. The van der Waals surface area contributed by atoms with Gasteiger partial charge in [-0.2, -0.15) is 0 Å². The smallest absolute Gasteiger partial charge is 0.236 e. The molecule has 1 unspecified atom stereocenters. The molecule has 2 amide bonds. The van der Waals surface area contributed by atoms with Crippen molar-refractivity contribution in [1.29, 1.82) is 0 Å². The van der Waals surface area contributed by atoms with Gasteiger partial charge in [0.05, 0.1) is 17.8 Å². The van der Waals surface area contributed by atoms with Crippen molar-refractivity contribution >= 4 is 35.0 Å². The second kappa shape index (κ2) is 10.9. The molecule has 2 aromatic rings. The van der Waals surface area contributed by atoms with Crippen LogP contribution in [-0.4, -0.2) is 76.8 Å². The highest BCUT2D eigenvalue weighted by molar-refractivity contribution is 6.36. The van der Waals surface area contributed by atoms with Crippen LogP contribution in [0.5, 0.6) is 0 Å². The van der Waals surface area contributed by atoms with E-state index in [2.05, 4.69) is 16.8 Å².